The Balaban J connectivity index is 1.41. The van der Waals surface area contributed by atoms with Gasteiger partial charge in [0.25, 0.3) is 0 Å². The first kappa shape index (κ1) is 21.8. The van der Waals surface area contributed by atoms with Crippen molar-refractivity contribution in [3.05, 3.63) is 65.5 Å². The lowest BCUT2D eigenvalue weighted by Crippen LogP contribution is -2.47. The Morgan fingerprint density at radius 3 is 2.50 bits per heavy atom. The molecule has 3 amide bonds. The number of carbonyl (C=O) groups excluding carboxylic acids is 2. The van der Waals surface area contributed by atoms with Crippen LogP contribution in [0.4, 0.5) is 15.6 Å². The summed E-state index contributed by atoms with van der Waals surface area (Å²) in [6, 6.07) is 15.4. The normalized spacial score (nSPS) is 14.6. The number of aromatic nitrogens is 1. The summed E-state index contributed by atoms with van der Waals surface area (Å²) in [6.45, 7) is 3.14. The first-order valence-corrected chi connectivity index (χ1v) is 11.3. The number of anilines is 2. The Kier molecular flexibility index (Phi) is 6.98. The van der Waals surface area contributed by atoms with Crippen LogP contribution in [0.25, 0.3) is 11.3 Å². The highest BCUT2D eigenvalue weighted by atomic mass is 32.1. The molecule has 9 heteroatoms. The molecule has 8 nitrogen and oxygen atoms in total. The van der Waals surface area contributed by atoms with Gasteiger partial charge < -0.3 is 26.0 Å². The van der Waals surface area contributed by atoms with Gasteiger partial charge in [0.2, 0.25) is 5.91 Å². The van der Waals surface area contributed by atoms with E-state index in [1.165, 1.54) is 0 Å². The van der Waals surface area contributed by atoms with Crippen LogP contribution >= 0.6 is 11.3 Å². The fraction of sp³-hybridized carbons (Fsp3) is 0.261. The Hall–Kier alpha value is -3.43. The van der Waals surface area contributed by atoms with E-state index < -0.39 is 12.1 Å². The SMILES string of the molecule is NC(=O)N[C@@H](Cc1ccccc1)C(=O)Nc1ccc(-c2csc(N3CCOCC3)n2)cc1. The number of nitrogens with two attached hydrogens (primary N) is 1. The monoisotopic (exact) mass is 451 g/mol. The number of nitrogens with one attached hydrogen (secondary N) is 2. The second kappa shape index (κ2) is 10.3. The van der Waals surface area contributed by atoms with Crippen molar-refractivity contribution < 1.29 is 14.3 Å². The highest BCUT2D eigenvalue weighted by molar-refractivity contribution is 7.14. The molecule has 0 unspecified atom stereocenters. The van der Waals surface area contributed by atoms with Gasteiger partial charge in [-0.1, -0.05) is 42.5 Å². The summed E-state index contributed by atoms with van der Waals surface area (Å²) in [5.74, 6) is -0.330. The van der Waals surface area contributed by atoms with Crippen LogP contribution in [-0.2, 0) is 16.0 Å². The maximum Gasteiger partial charge on any atom is 0.312 e. The lowest BCUT2D eigenvalue weighted by Gasteiger charge is -2.26. The summed E-state index contributed by atoms with van der Waals surface area (Å²) in [5, 5.41) is 8.40. The van der Waals surface area contributed by atoms with Gasteiger partial charge in [-0.3, -0.25) is 4.79 Å². The molecule has 2 aromatic carbocycles. The number of morpholine rings is 1. The highest BCUT2D eigenvalue weighted by Crippen LogP contribution is 2.28. The number of hydrogen-bond acceptors (Lipinski definition) is 6. The predicted molar refractivity (Wildman–Crippen MR) is 126 cm³/mol. The third kappa shape index (κ3) is 5.63. The molecule has 32 heavy (non-hydrogen) atoms. The van der Waals surface area contributed by atoms with E-state index in [1.54, 1.807) is 11.3 Å². The number of amides is 3. The van der Waals surface area contributed by atoms with Crippen molar-refractivity contribution in [2.75, 3.05) is 36.5 Å². The van der Waals surface area contributed by atoms with Crippen LogP contribution in [0.5, 0.6) is 0 Å². The van der Waals surface area contributed by atoms with Gasteiger partial charge in [0.05, 0.1) is 18.9 Å². The molecular formula is C23H25N5O3S. The summed E-state index contributed by atoms with van der Waals surface area (Å²) in [5.41, 5.74) is 8.69. The molecule has 1 saturated heterocycles. The van der Waals surface area contributed by atoms with Crippen molar-refractivity contribution in [3.8, 4) is 11.3 Å². The molecule has 166 valence electrons. The van der Waals surface area contributed by atoms with E-state index in [2.05, 4.69) is 15.5 Å². The third-order valence-electron chi connectivity index (χ3n) is 5.14. The molecule has 1 aliphatic heterocycles. The molecular weight excluding hydrogens is 426 g/mol. The summed E-state index contributed by atoms with van der Waals surface area (Å²) < 4.78 is 5.40. The third-order valence-corrected chi connectivity index (χ3v) is 6.04. The summed E-state index contributed by atoms with van der Waals surface area (Å²) in [4.78, 5) is 31.1. The van der Waals surface area contributed by atoms with Gasteiger partial charge in [-0.2, -0.15) is 0 Å². The van der Waals surface area contributed by atoms with Crippen LogP contribution in [0.2, 0.25) is 0 Å². The van der Waals surface area contributed by atoms with Crippen molar-refractivity contribution in [2.24, 2.45) is 5.73 Å². The quantitative estimate of drug-likeness (QED) is 0.512. The van der Waals surface area contributed by atoms with Gasteiger partial charge in [0.15, 0.2) is 5.13 Å². The molecule has 3 aromatic rings. The number of carbonyl (C=O) groups is 2. The minimum Gasteiger partial charge on any atom is -0.378 e. The van der Waals surface area contributed by atoms with Gasteiger partial charge in [0, 0.05) is 36.1 Å². The standard InChI is InChI=1S/C23H25N5O3S/c24-22(30)26-19(14-16-4-2-1-3-5-16)21(29)25-18-8-6-17(7-9-18)20-15-32-23(27-20)28-10-12-31-13-11-28/h1-9,15,19H,10-14H2,(H,25,29)(H3,24,26,30)/t19-/m0/s1. The molecule has 0 saturated carbocycles. The minimum atomic E-state index is -0.774. The van der Waals surface area contributed by atoms with Crippen molar-refractivity contribution in [1.82, 2.24) is 10.3 Å². The first-order chi connectivity index (χ1) is 15.6. The molecule has 0 radical (unpaired) electrons. The lowest BCUT2D eigenvalue weighted by atomic mass is 10.1. The van der Waals surface area contributed by atoms with Crippen LogP contribution in [0.3, 0.4) is 0 Å². The number of urea groups is 1. The van der Waals surface area contributed by atoms with E-state index in [-0.39, 0.29) is 5.91 Å². The van der Waals surface area contributed by atoms with Crippen LogP contribution in [0, 0.1) is 0 Å². The number of ether oxygens (including phenoxy) is 1. The van der Waals surface area contributed by atoms with Crippen molar-refractivity contribution in [2.45, 2.75) is 12.5 Å². The number of benzene rings is 2. The average Bonchev–Trinajstić information content (AvgIpc) is 3.30. The van der Waals surface area contributed by atoms with Crippen molar-refractivity contribution >= 4 is 34.1 Å². The van der Waals surface area contributed by atoms with Crippen molar-refractivity contribution in [3.63, 3.8) is 0 Å². The molecule has 1 fully saturated rings. The maximum absolute atomic E-state index is 12.8. The second-order valence-corrected chi connectivity index (χ2v) is 8.27. The fourth-order valence-electron chi connectivity index (χ4n) is 3.48. The van der Waals surface area contributed by atoms with E-state index in [0.717, 1.165) is 48.3 Å². The van der Waals surface area contributed by atoms with E-state index in [0.29, 0.717) is 12.1 Å². The molecule has 0 spiro atoms. The first-order valence-electron chi connectivity index (χ1n) is 10.4. The second-order valence-electron chi connectivity index (χ2n) is 7.43. The molecule has 0 bridgehead atoms. The van der Waals surface area contributed by atoms with Crippen LogP contribution in [0.1, 0.15) is 5.56 Å². The Labute approximate surface area is 190 Å². The largest absolute Gasteiger partial charge is 0.378 e. The van der Waals surface area contributed by atoms with E-state index >= 15 is 0 Å². The summed E-state index contributed by atoms with van der Waals surface area (Å²) in [7, 11) is 0. The van der Waals surface area contributed by atoms with E-state index in [1.807, 2.05) is 60.0 Å². The highest BCUT2D eigenvalue weighted by Gasteiger charge is 2.21. The zero-order valence-electron chi connectivity index (χ0n) is 17.5. The molecule has 2 heterocycles. The van der Waals surface area contributed by atoms with E-state index in [9.17, 15) is 9.59 Å². The smallest absolute Gasteiger partial charge is 0.312 e. The Morgan fingerprint density at radius 2 is 1.81 bits per heavy atom. The van der Waals surface area contributed by atoms with Crippen molar-refractivity contribution in [1.29, 1.82) is 0 Å². The lowest BCUT2D eigenvalue weighted by molar-refractivity contribution is -0.117. The number of hydrogen-bond donors (Lipinski definition) is 3. The van der Waals surface area contributed by atoms with Crippen LogP contribution in [0.15, 0.2) is 60.0 Å². The summed E-state index contributed by atoms with van der Waals surface area (Å²) in [6.07, 6.45) is 0.344. The molecule has 1 aliphatic rings. The number of primary amides is 1. The van der Waals surface area contributed by atoms with E-state index in [4.69, 9.17) is 15.5 Å². The maximum atomic E-state index is 12.8. The van der Waals surface area contributed by atoms with Crippen LogP contribution < -0.4 is 21.3 Å². The van der Waals surface area contributed by atoms with Crippen LogP contribution in [-0.4, -0.2) is 49.3 Å². The van der Waals surface area contributed by atoms with Gasteiger partial charge in [-0.15, -0.1) is 11.3 Å². The molecule has 4 rings (SSSR count). The minimum absolute atomic E-state index is 0.330. The Bertz CT molecular complexity index is 1050. The molecule has 1 aromatic heterocycles. The molecule has 4 N–H and O–H groups in total. The van der Waals surface area contributed by atoms with Gasteiger partial charge >= 0.3 is 6.03 Å². The fourth-order valence-corrected chi connectivity index (χ4v) is 4.37. The molecule has 1 atom stereocenters. The summed E-state index contributed by atoms with van der Waals surface area (Å²) >= 11 is 1.61. The van der Waals surface area contributed by atoms with Gasteiger partial charge in [0.1, 0.15) is 6.04 Å². The zero-order valence-corrected chi connectivity index (χ0v) is 18.3. The predicted octanol–water partition coefficient (Wildman–Crippen LogP) is 2.86. The zero-order chi connectivity index (χ0) is 22.3. The topological polar surface area (TPSA) is 110 Å². The molecule has 0 aliphatic carbocycles. The van der Waals surface area contributed by atoms with Gasteiger partial charge in [-0.25, -0.2) is 9.78 Å². The Morgan fingerprint density at radius 1 is 1.09 bits per heavy atom. The van der Waals surface area contributed by atoms with Gasteiger partial charge in [-0.05, 0) is 17.7 Å². The number of nitrogens with zero attached hydrogens (tertiary/aromatic N) is 2. The average molecular weight is 452 g/mol. The number of thiazole rings is 1. The number of rotatable bonds is 7.